The molecular weight excluding hydrogens is 306 g/mol. The molecule has 6 nitrogen and oxygen atoms in total. The molecule has 23 heavy (non-hydrogen) atoms. The van der Waals surface area contributed by atoms with Gasteiger partial charge < -0.3 is 0 Å². The van der Waals surface area contributed by atoms with Crippen molar-refractivity contribution in [1.29, 1.82) is 0 Å². The summed E-state index contributed by atoms with van der Waals surface area (Å²) in [6, 6.07) is 0. The molecule has 1 saturated heterocycles. The third-order valence-corrected chi connectivity index (χ3v) is 3.84. The Morgan fingerprint density at radius 1 is 1.35 bits per heavy atom. The number of terminal acetylenes is 1. The Morgan fingerprint density at radius 3 is 2.48 bits per heavy atom. The van der Waals surface area contributed by atoms with Crippen LogP contribution in [0.3, 0.4) is 0 Å². The predicted octanol–water partition coefficient (Wildman–Crippen LogP) is 1.76. The molecule has 0 saturated carbocycles. The molecule has 1 fully saturated rings. The number of hydrogen-bond acceptors (Lipinski definition) is 6. The summed E-state index contributed by atoms with van der Waals surface area (Å²) < 4.78 is 42.6. The Morgan fingerprint density at radius 2 is 1.96 bits per heavy atom. The van der Waals surface area contributed by atoms with Gasteiger partial charge in [-0.05, 0) is 0 Å². The van der Waals surface area contributed by atoms with Gasteiger partial charge in [0.2, 0.25) is 0 Å². The number of rotatable bonds is 4. The number of halogens is 2. The summed E-state index contributed by atoms with van der Waals surface area (Å²) in [6.45, 7) is 7.30. The van der Waals surface area contributed by atoms with Crippen LogP contribution in [-0.2, 0) is 14.0 Å². The number of nitrogens with zero attached hydrogens (tertiary/aromatic N) is 3. The van der Waals surface area contributed by atoms with Gasteiger partial charge in [-0.2, -0.15) is 0 Å². The summed E-state index contributed by atoms with van der Waals surface area (Å²) >= 11 is 0. The Balaban J connectivity index is 2.35. The van der Waals surface area contributed by atoms with E-state index in [4.69, 9.17) is 15.7 Å². The van der Waals surface area contributed by atoms with Gasteiger partial charge in [0.05, 0.1) is 0 Å². The third kappa shape index (κ3) is 3.57. The van der Waals surface area contributed by atoms with Crippen LogP contribution in [0.4, 0.5) is 14.7 Å². The van der Waals surface area contributed by atoms with E-state index in [-0.39, 0.29) is 11.4 Å². The van der Waals surface area contributed by atoms with Crippen molar-refractivity contribution in [2.45, 2.75) is 45.3 Å². The van der Waals surface area contributed by atoms with Crippen LogP contribution < -0.4 is 5.46 Å². The van der Waals surface area contributed by atoms with Crippen molar-refractivity contribution in [3.8, 4) is 12.5 Å². The monoisotopic (exact) mass is 321 g/mol. The van der Waals surface area contributed by atoms with Gasteiger partial charge in [-0.1, -0.05) is 0 Å². The Kier molecular flexibility index (Phi) is 4.82. The topological polar surface area (TPSA) is 65.8 Å². The molecule has 0 bridgehead atoms. The molecular formula is C13H15B2F2N3O3. The molecule has 2 heterocycles. The predicted molar refractivity (Wildman–Crippen MR) is 80.5 cm³/mol. The van der Waals surface area contributed by atoms with Crippen LogP contribution >= 0.6 is 0 Å². The zero-order valence-electron chi connectivity index (χ0n) is 13.2. The zero-order chi connectivity index (χ0) is 17.3. The molecule has 1 aliphatic rings. The summed E-state index contributed by atoms with van der Waals surface area (Å²) in [5.41, 5.74) is -1.76. The van der Waals surface area contributed by atoms with Gasteiger partial charge in [-0.15, -0.1) is 0 Å². The molecule has 0 N–H and O–H groups in total. The summed E-state index contributed by atoms with van der Waals surface area (Å²) in [6.07, 6.45) is 5.10. The van der Waals surface area contributed by atoms with E-state index in [1.54, 1.807) is 0 Å². The zero-order valence-corrected chi connectivity index (χ0v) is 13.2. The van der Waals surface area contributed by atoms with Crippen molar-refractivity contribution in [2.24, 2.45) is 4.90 Å². The van der Waals surface area contributed by atoms with E-state index >= 15 is 0 Å². The molecule has 10 heteroatoms. The van der Waals surface area contributed by atoms with Gasteiger partial charge in [0.1, 0.15) is 0 Å². The van der Waals surface area contributed by atoms with Gasteiger partial charge in [0.25, 0.3) is 0 Å². The first-order valence-electron chi connectivity index (χ1n) is 6.82. The van der Waals surface area contributed by atoms with Gasteiger partial charge in [0.15, 0.2) is 0 Å². The molecule has 0 atom stereocenters. The van der Waals surface area contributed by atoms with Crippen LogP contribution in [0.5, 0.6) is 0 Å². The van der Waals surface area contributed by atoms with Crippen LogP contribution in [0.2, 0.25) is 0 Å². The second kappa shape index (κ2) is 6.34. The first kappa shape index (κ1) is 17.5. The third-order valence-electron chi connectivity index (χ3n) is 3.84. The molecule has 120 valence electrons. The number of alkyl halides is 2. The molecule has 0 aliphatic carbocycles. The maximum atomic E-state index is 13.3. The molecule has 2 rings (SSSR count). The first-order valence-corrected chi connectivity index (χ1v) is 6.82. The van der Waals surface area contributed by atoms with Crippen molar-refractivity contribution in [2.75, 3.05) is 0 Å². The van der Waals surface area contributed by atoms with Gasteiger partial charge in [0, 0.05) is 0 Å². The molecule has 0 amide bonds. The number of aromatic nitrogens is 2. The number of hydrogen-bond donors (Lipinski definition) is 0. The van der Waals surface area contributed by atoms with Crippen LogP contribution in [0.25, 0.3) is 0 Å². The summed E-state index contributed by atoms with van der Waals surface area (Å²) in [5.74, 6) is -0.198. The minimum absolute atomic E-state index is 0.0652. The van der Waals surface area contributed by atoms with Gasteiger partial charge in [-0.3, -0.25) is 0 Å². The quantitative estimate of drug-likeness (QED) is 0.624. The fraction of sp³-hybridized carbons (Fsp3) is 0.538. The van der Waals surface area contributed by atoms with E-state index in [2.05, 4.69) is 19.5 Å². The second-order valence-corrected chi connectivity index (χ2v) is 5.87. The van der Waals surface area contributed by atoms with Crippen LogP contribution in [0, 0.1) is 12.5 Å². The molecule has 1 aromatic rings. The van der Waals surface area contributed by atoms with Crippen molar-refractivity contribution in [3.05, 3.63) is 11.9 Å². The SMILES string of the molecule is C#COB=Nc1ncc(B2OC(C)(C)C(C)(C)O2)c(C(F)F)n1. The Hall–Kier alpha value is -1.85. The van der Waals surface area contributed by atoms with Crippen LogP contribution in [-0.4, -0.2) is 35.6 Å². The Bertz CT molecular complexity index is 646. The normalized spacial score (nSPS) is 19.0. The van der Waals surface area contributed by atoms with Crippen molar-refractivity contribution in [3.63, 3.8) is 0 Å². The average Bonchev–Trinajstić information content (AvgIpc) is 2.67. The summed E-state index contributed by atoms with van der Waals surface area (Å²) in [7, 11) is -0.0945. The summed E-state index contributed by atoms with van der Waals surface area (Å²) in [5, 5.41) is 0. The fourth-order valence-electron chi connectivity index (χ4n) is 1.89. The Labute approximate surface area is 134 Å². The van der Waals surface area contributed by atoms with E-state index in [1.165, 1.54) is 6.20 Å². The van der Waals surface area contributed by atoms with E-state index < -0.39 is 30.4 Å². The van der Waals surface area contributed by atoms with Crippen LogP contribution in [0.1, 0.15) is 39.8 Å². The van der Waals surface area contributed by atoms with E-state index in [0.29, 0.717) is 0 Å². The molecule has 0 spiro atoms. The fourth-order valence-corrected chi connectivity index (χ4v) is 1.89. The molecule has 0 radical (unpaired) electrons. The second-order valence-electron chi connectivity index (χ2n) is 5.87. The first-order chi connectivity index (χ1) is 10.7. The van der Waals surface area contributed by atoms with E-state index in [1.807, 2.05) is 33.8 Å². The standard InChI is InChI=1S/C13H15B2F2N3O3/c1-6-21-14-20-11-18-7-8(9(19-11)10(16)17)15-22-12(2,3)13(4,5)23-15/h1,7,10H,2-5H3. The molecule has 1 aromatic heterocycles. The maximum absolute atomic E-state index is 13.3. The van der Waals surface area contributed by atoms with Gasteiger partial charge >= 0.3 is 133 Å². The van der Waals surface area contributed by atoms with Crippen LogP contribution in [0.15, 0.2) is 11.1 Å². The average molecular weight is 321 g/mol. The summed E-state index contributed by atoms with van der Waals surface area (Å²) in [4.78, 5) is 11.2. The van der Waals surface area contributed by atoms with Crippen molar-refractivity contribution in [1.82, 2.24) is 9.97 Å². The van der Waals surface area contributed by atoms with E-state index in [9.17, 15) is 8.78 Å². The minimum atomic E-state index is -2.84. The molecule has 0 aromatic carbocycles. The van der Waals surface area contributed by atoms with E-state index in [0.717, 1.165) is 7.27 Å². The van der Waals surface area contributed by atoms with Gasteiger partial charge in [-0.25, -0.2) is 0 Å². The molecule has 1 aliphatic heterocycles. The van der Waals surface area contributed by atoms with Crippen molar-refractivity contribution >= 4 is 25.8 Å². The van der Waals surface area contributed by atoms with Crippen molar-refractivity contribution < 1.29 is 22.7 Å². The molecule has 0 unspecified atom stereocenters.